The van der Waals surface area contributed by atoms with Crippen LogP contribution in [0.1, 0.15) is 48.5 Å². The Morgan fingerprint density at radius 3 is 2.45 bits per heavy atom. The molecule has 0 radical (unpaired) electrons. The SMILES string of the molecule is CCCN(C(=O)CCc1ccc(OC)c(Cl)c1)C1CCN(C(=O)c2ccccc2)CC1. The fourth-order valence-corrected chi connectivity index (χ4v) is 4.44. The monoisotopic (exact) mass is 442 g/mol. The number of piperidine rings is 1. The normalized spacial score (nSPS) is 14.4. The molecule has 0 aliphatic carbocycles. The zero-order chi connectivity index (χ0) is 22.2. The van der Waals surface area contributed by atoms with Crippen LogP contribution in [0.2, 0.25) is 5.02 Å². The molecule has 1 aliphatic rings. The van der Waals surface area contributed by atoms with Gasteiger partial charge >= 0.3 is 0 Å². The van der Waals surface area contributed by atoms with Crippen LogP contribution in [0.5, 0.6) is 5.75 Å². The van der Waals surface area contributed by atoms with Crippen molar-refractivity contribution in [2.45, 2.75) is 45.1 Å². The van der Waals surface area contributed by atoms with Crippen molar-refractivity contribution in [2.24, 2.45) is 0 Å². The summed E-state index contributed by atoms with van der Waals surface area (Å²) >= 11 is 6.21. The van der Waals surface area contributed by atoms with E-state index in [-0.39, 0.29) is 17.9 Å². The lowest BCUT2D eigenvalue weighted by Crippen LogP contribution is -2.49. The summed E-state index contributed by atoms with van der Waals surface area (Å²) in [4.78, 5) is 29.7. The Morgan fingerprint density at radius 2 is 1.84 bits per heavy atom. The average Bonchev–Trinajstić information content (AvgIpc) is 2.81. The Hall–Kier alpha value is -2.53. The molecule has 0 unspecified atom stereocenters. The van der Waals surface area contributed by atoms with Crippen LogP contribution in [0.25, 0.3) is 0 Å². The minimum atomic E-state index is 0.0730. The second-order valence-electron chi connectivity index (χ2n) is 7.95. The van der Waals surface area contributed by atoms with Gasteiger partial charge in [-0.3, -0.25) is 9.59 Å². The molecule has 0 bridgehead atoms. The number of ether oxygens (including phenoxy) is 1. The molecular formula is C25H31ClN2O3. The van der Waals surface area contributed by atoms with Crippen molar-refractivity contribution < 1.29 is 14.3 Å². The zero-order valence-electron chi connectivity index (χ0n) is 18.4. The fraction of sp³-hybridized carbons (Fsp3) is 0.440. The van der Waals surface area contributed by atoms with Gasteiger partial charge in [-0.25, -0.2) is 0 Å². The lowest BCUT2D eigenvalue weighted by atomic mass is 10.0. The summed E-state index contributed by atoms with van der Waals surface area (Å²) in [5, 5.41) is 0.563. The molecule has 0 saturated carbocycles. The average molecular weight is 443 g/mol. The molecule has 2 aromatic rings. The molecule has 1 heterocycles. The Labute approximate surface area is 189 Å². The Bertz CT molecular complexity index is 880. The smallest absolute Gasteiger partial charge is 0.253 e. The molecule has 5 nitrogen and oxygen atoms in total. The van der Waals surface area contributed by atoms with Gasteiger partial charge in [-0.1, -0.05) is 42.8 Å². The minimum Gasteiger partial charge on any atom is -0.495 e. The predicted octanol–water partition coefficient (Wildman–Crippen LogP) is 4.82. The van der Waals surface area contributed by atoms with E-state index >= 15 is 0 Å². The number of carbonyl (C=O) groups is 2. The van der Waals surface area contributed by atoms with E-state index in [2.05, 4.69) is 6.92 Å². The number of hydrogen-bond acceptors (Lipinski definition) is 3. The van der Waals surface area contributed by atoms with Crippen molar-refractivity contribution in [1.29, 1.82) is 0 Å². The quantitative estimate of drug-likeness (QED) is 0.588. The number of rotatable bonds is 8. The maximum Gasteiger partial charge on any atom is 0.253 e. The molecule has 0 atom stereocenters. The van der Waals surface area contributed by atoms with E-state index in [1.54, 1.807) is 7.11 Å². The number of methoxy groups -OCH3 is 1. The summed E-state index contributed by atoms with van der Waals surface area (Å²) in [6, 6.07) is 15.2. The van der Waals surface area contributed by atoms with Crippen molar-refractivity contribution in [1.82, 2.24) is 9.80 Å². The van der Waals surface area contributed by atoms with E-state index in [0.717, 1.165) is 36.9 Å². The van der Waals surface area contributed by atoms with Gasteiger partial charge in [0.15, 0.2) is 0 Å². The fourth-order valence-electron chi connectivity index (χ4n) is 4.16. The topological polar surface area (TPSA) is 49.9 Å². The van der Waals surface area contributed by atoms with E-state index in [9.17, 15) is 9.59 Å². The molecule has 31 heavy (non-hydrogen) atoms. The molecule has 6 heteroatoms. The molecule has 2 amide bonds. The van der Waals surface area contributed by atoms with E-state index in [4.69, 9.17) is 16.3 Å². The number of amides is 2. The molecular weight excluding hydrogens is 412 g/mol. The largest absolute Gasteiger partial charge is 0.495 e. The van der Waals surface area contributed by atoms with Gasteiger partial charge in [-0.2, -0.15) is 0 Å². The summed E-state index contributed by atoms with van der Waals surface area (Å²) < 4.78 is 5.19. The molecule has 0 aromatic heterocycles. The van der Waals surface area contributed by atoms with Crippen LogP contribution in [-0.2, 0) is 11.2 Å². The standard InChI is InChI=1S/C25H31ClN2O3/c1-3-15-28(24(29)12-10-19-9-11-23(31-2)22(26)18-19)21-13-16-27(17-14-21)25(30)20-7-5-4-6-8-20/h4-9,11,18,21H,3,10,12-17H2,1-2H3. The van der Waals surface area contributed by atoms with Crippen molar-refractivity contribution in [3.63, 3.8) is 0 Å². The number of nitrogens with zero attached hydrogens (tertiary/aromatic N) is 2. The summed E-state index contributed by atoms with van der Waals surface area (Å²) in [5.41, 5.74) is 1.75. The summed E-state index contributed by atoms with van der Waals surface area (Å²) in [6.45, 7) is 4.21. The highest BCUT2D eigenvalue weighted by atomic mass is 35.5. The highest BCUT2D eigenvalue weighted by molar-refractivity contribution is 6.32. The molecule has 3 rings (SSSR count). The van der Waals surface area contributed by atoms with Crippen molar-refractivity contribution in [3.8, 4) is 5.75 Å². The highest BCUT2D eigenvalue weighted by Gasteiger charge is 2.29. The van der Waals surface area contributed by atoms with Gasteiger partial charge in [0.1, 0.15) is 5.75 Å². The van der Waals surface area contributed by atoms with Crippen molar-refractivity contribution >= 4 is 23.4 Å². The summed E-state index contributed by atoms with van der Waals surface area (Å²) in [6.07, 6.45) is 3.65. The van der Waals surface area contributed by atoms with Gasteiger partial charge < -0.3 is 14.5 Å². The first-order chi connectivity index (χ1) is 15.0. The van der Waals surface area contributed by atoms with Gasteiger partial charge in [0, 0.05) is 37.7 Å². The zero-order valence-corrected chi connectivity index (χ0v) is 19.1. The lowest BCUT2D eigenvalue weighted by molar-refractivity contribution is -0.134. The van der Waals surface area contributed by atoms with Crippen LogP contribution in [0.15, 0.2) is 48.5 Å². The van der Waals surface area contributed by atoms with Crippen LogP contribution in [0.4, 0.5) is 0 Å². The predicted molar refractivity (Wildman–Crippen MR) is 124 cm³/mol. The second-order valence-corrected chi connectivity index (χ2v) is 8.35. The molecule has 0 spiro atoms. The van der Waals surface area contributed by atoms with Gasteiger partial charge in [-0.05, 0) is 55.5 Å². The molecule has 1 saturated heterocycles. The minimum absolute atomic E-state index is 0.0730. The third-order valence-electron chi connectivity index (χ3n) is 5.84. The third kappa shape index (κ3) is 6.01. The number of aryl methyl sites for hydroxylation is 1. The molecule has 1 fully saturated rings. The summed E-state index contributed by atoms with van der Waals surface area (Å²) in [5.74, 6) is 0.881. The Kier molecular flexibility index (Phi) is 8.35. The molecule has 2 aromatic carbocycles. The van der Waals surface area contributed by atoms with Gasteiger partial charge in [0.2, 0.25) is 5.91 Å². The van der Waals surface area contributed by atoms with Crippen LogP contribution in [0, 0.1) is 0 Å². The number of halogens is 1. The van der Waals surface area contributed by atoms with Crippen LogP contribution in [0.3, 0.4) is 0 Å². The lowest BCUT2D eigenvalue weighted by Gasteiger charge is -2.38. The maximum atomic E-state index is 13.0. The maximum absolute atomic E-state index is 13.0. The number of hydrogen-bond donors (Lipinski definition) is 0. The van der Waals surface area contributed by atoms with Gasteiger partial charge in [0.25, 0.3) is 5.91 Å². The Balaban J connectivity index is 1.56. The molecule has 166 valence electrons. The first-order valence-electron chi connectivity index (χ1n) is 11.0. The first-order valence-corrected chi connectivity index (χ1v) is 11.4. The van der Waals surface area contributed by atoms with E-state index < -0.39 is 0 Å². The number of benzene rings is 2. The van der Waals surface area contributed by atoms with Crippen LogP contribution < -0.4 is 4.74 Å². The highest BCUT2D eigenvalue weighted by Crippen LogP contribution is 2.26. The van der Waals surface area contributed by atoms with Gasteiger partial charge in [0.05, 0.1) is 12.1 Å². The van der Waals surface area contributed by atoms with Crippen molar-refractivity contribution in [2.75, 3.05) is 26.7 Å². The van der Waals surface area contributed by atoms with Crippen LogP contribution >= 0.6 is 11.6 Å². The first kappa shape index (κ1) is 23.1. The summed E-state index contributed by atoms with van der Waals surface area (Å²) in [7, 11) is 1.59. The van der Waals surface area contributed by atoms with Gasteiger partial charge in [-0.15, -0.1) is 0 Å². The van der Waals surface area contributed by atoms with E-state index in [1.807, 2.05) is 58.3 Å². The van der Waals surface area contributed by atoms with E-state index in [0.29, 0.717) is 36.7 Å². The van der Waals surface area contributed by atoms with E-state index in [1.165, 1.54) is 0 Å². The second kappa shape index (κ2) is 11.2. The Morgan fingerprint density at radius 1 is 1.13 bits per heavy atom. The molecule has 0 N–H and O–H groups in total. The molecule has 1 aliphatic heterocycles. The number of carbonyl (C=O) groups excluding carboxylic acids is 2. The van der Waals surface area contributed by atoms with Crippen molar-refractivity contribution in [3.05, 3.63) is 64.7 Å². The number of likely N-dealkylation sites (tertiary alicyclic amines) is 1. The third-order valence-corrected chi connectivity index (χ3v) is 6.14. The van der Waals surface area contributed by atoms with Crippen LogP contribution in [-0.4, -0.2) is 54.4 Å².